The number of anilines is 1. The first-order chi connectivity index (χ1) is 23.3. The van der Waals surface area contributed by atoms with Crippen LogP contribution in [0.4, 0.5) is 27.6 Å². The molecule has 4 unspecified atom stereocenters. The van der Waals surface area contributed by atoms with Gasteiger partial charge < -0.3 is 9.84 Å². The molecule has 2 amide bonds. The highest BCUT2D eigenvalue weighted by molar-refractivity contribution is 6.58. The van der Waals surface area contributed by atoms with Gasteiger partial charge in [-0.1, -0.05) is 42.5 Å². The molecule has 4 atom stereocenters. The van der Waals surface area contributed by atoms with Crippen molar-refractivity contribution in [2.24, 2.45) is 0 Å². The summed E-state index contributed by atoms with van der Waals surface area (Å²) in [4.78, 5) is 50.5. The predicted molar refractivity (Wildman–Crippen MR) is 164 cm³/mol. The summed E-state index contributed by atoms with van der Waals surface area (Å²) in [6.45, 7) is -0.951. The van der Waals surface area contributed by atoms with Crippen LogP contribution in [0.25, 0.3) is 5.69 Å². The maximum atomic E-state index is 15.2. The number of hydrogen-bond acceptors (Lipinski definition) is 6. The lowest BCUT2D eigenvalue weighted by Gasteiger charge is -2.49. The van der Waals surface area contributed by atoms with Gasteiger partial charge in [-0.05, 0) is 23.8 Å². The molecule has 2 aliphatic heterocycles. The minimum atomic E-state index is -2.74. The summed E-state index contributed by atoms with van der Waals surface area (Å²) >= 11 is 14.2. The Bertz CT molecular complexity index is 2210. The van der Waals surface area contributed by atoms with Gasteiger partial charge in [0.2, 0.25) is 5.82 Å². The normalized spacial score (nSPS) is 24.4. The van der Waals surface area contributed by atoms with Gasteiger partial charge in [0.05, 0.1) is 24.9 Å². The number of rotatable bonds is 6. The highest BCUT2D eigenvalue weighted by Gasteiger charge is 2.76. The maximum Gasteiger partial charge on any atom is 0.352 e. The predicted octanol–water partition coefficient (Wildman–Crippen LogP) is 4.06. The van der Waals surface area contributed by atoms with Gasteiger partial charge in [-0.2, -0.15) is 0 Å². The van der Waals surface area contributed by atoms with Crippen LogP contribution in [0.15, 0.2) is 75.8 Å². The van der Waals surface area contributed by atoms with Crippen LogP contribution in [-0.4, -0.2) is 53.8 Å². The van der Waals surface area contributed by atoms with Crippen molar-refractivity contribution in [1.82, 2.24) is 13.9 Å². The van der Waals surface area contributed by atoms with Crippen LogP contribution in [0.3, 0.4) is 0 Å². The highest BCUT2D eigenvalue weighted by Crippen LogP contribution is 2.64. The molecule has 3 heterocycles. The molecule has 1 aliphatic carbocycles. The van der Waals surface area contributed by atoms with Crippen molar-refractivity contribution < 1.29 is 41.4 Å². The maximum absolute atomic E-state index is 15.2. The van der Waals surface area contributed by atoms with E-state index in [1.54, 1.807) is 18.2 Å². The average Bonchev–Trinajstić information content (AvgIpc) is 3.44. The van der Waals surface area contributed by atoms with Crippen LogP contribution in [-0.2, 0) is 16.1 Å². The number of benzene rings is 3. The van der Waals surface area contributed by atoms with Gasteiger partial charge in [0.25, 0.3) is 11.8 Å². The molecule has 0 spiro atoms. The number of fused-ring (bicyclic) bond motifs is 4. The van der Waals surface area contributed by atoms with E-state index in [4.69, 9.17) is 27.9 Å². The van der Waals surface area contributed by atoms with Crippen molar-refractivity contribution in [2.45, 2.75) is 34.7 Å². The van der Waals surface area contributed by atoms with Crippen LogP contribution in [0.5, 0.6) is 5.75 Å². The smallest absolute Gasteiger partial charge is 0.352 e. The van der Waals surface area contributed by atoms with Crippen molar-refractivity contribution in [2.75, 3.05) is 18.1 Å². The lowest BCUT2D eigenvalue weighted by molar-refractivity contribution is -0.122. The van der Waals surface area contributed by atoms with Crippen molar-refractivity contribution in [1.29, 1.82) is 0 Å². The fraction of sp³-hybridized carbons (Fsp3) is 0.250. The third-order valence-corrected chi connectivity index (χ3v) is 10.5. The number of hydrogen-bond donors (Lipinski definition) is 1. The van der Waals surface area contributed by atoms with E-state index >= 15 is 8.78 Å². The number of ether oxygens (including phenoxy) is 1. The SMILES string of the molecule is O=C1N(c2c(F)c(F)c(F)c(F)c2F)C(=O)C2(Cl)C(c3ccccc3OCCO)C3=CCn4c(=O)n(-c5ccccc5)c(=O)n4C3CC12Cl. The Labute approximate surface area is 281 Å². The zero-order valence-corrected chi connectivity index (χ0v) is 26.2. The number of para-hydroxylation sites is 2. The minimum absolute atomic E-state index is 0.0224. The first-order valence-electron chi connectivity index (χ1n) is 14.6. The fourth-order valence-corrected chi connectivity index (χ4v) is 7.89. The number of aliphatic hydroxyl groups is 1. The van der Waals surface area contributed by atoms with Gasteiger partial charge in [0.15, 0.2) is 33.0 Å². The Balaban J connectivity index is 1.50. The largest absolute Gasteiger partial charge is 0.491 e. The Kier molecular flexibility index (Phi) is 7.65. The first-order valence-corrected chi connectivity index (χ1v) is 15.4. The quantitative estimate of drug-likeness (QED) is 0.0802. The van der Waals surface area contributed by atoms with Gasteiger partial charge in [-0.3, -0.25) is 9.59 Å². The number of halogens is 7. The van der Waals surface area contributed by atoms with E-state index in [2.05, 4.69) is 0 Å². The van der Waals surface area contributed by atoms with Gasteiger partial charge >= 0.3 is 11.4 Å². The highest BCUT2D eigenvalue weighted by atomic mass is 35.5. The summed E-state index contributed by atoms with van der Waals surface area (Å²) < 4.78 is 81.9. The monoisotopic (exact) mass is 722 g/mol. The second kappa shape index (κ2) is 11.4. The summed E-state index contributed by atoms with van der Waals surface area (Å²) in [5, 5.41) is 9.45. The number of alkyl halides is 2. The zero-order chi connectivity index (χ0) is 35.2. The number of carbonyl (C=O) groups excluding carboxylic acids is 2. The zero-order valence-electron chi connectivity index (χ0n) is 24.7. The number of aromatic nitrogens is 3. The van der Waals surface area contributed by atoms with E-state index in [0.717, 1.165) is 13.9 Å². The molecule has 3 aliphatic rings. The molecule has 1 N–H and O–H groups in total. The molecule has 3 aromatic carbocycles. The summed E-state index contributed by atoms with van der Waals surface area (Å²) in [5.41, 5.74) is -3.08. The molecule has 1 saturated carbocycles. The lowest BCUT2D eigenvalue weighted by atomic mass is 9.64. The molecule has 2 fully saturated rings. The number of amides is 2. The molecule has 10 nitrogen and oxygen atoms in total. The average molecular weight is 723 g/mol. The van der Waals surface area contributed by atoms with Crippen molar-refractivity contribution >= 4 is 40.7 Å². The molecule has 0 bridgehead atoms. The van der Waals surface area contributed by atoms with E-state index in [1.807, 2.05) is 0 Å². The Morgan fingerprint density at radius 1 is 0.816 bits per heavy atom. The topological polar surface area (TPSA) is 116 Å². The van der Waals surface area contributed by atoms with Gasteiger partial charge in [-0.25, -0.2) is 50.4 Å². The summed E-state index contributed by atoms with van der Waals surface area (Å²) in [7, 11) is 0. The molecule has 4 aromatic rings. The van der Waals surface area contributed by atoms with E-state index in [1.165, 1.54) is 42.5 Å². The van der Waals surface area contributed by atoms with Crippen molar-refractivity contribution in [3.8, 4) is 11.4 Å². The Morgan fingerprint density at radius 2 is 1.43 bits per heavy atom. The second-order valence-corrected chi connectivity index (χ2v) is 12.7. The molecule has 254 valence electrons. The number of imide groups is 1. The molecule has 49 heavy (non-hydrogen) atoms. The summed E-state index contributed by atoms with van der Waals surface area (Å²) in [5.74, 6) is -17.1. The van der Waals surface area contributed by atoms with E-state index < -0.39 is 92.7 Å². The minimum Gasteiger partial charge on any atom is -0.491 e. The van der Waals surface area contributed by atoms with Gasteiger partial charge in [0.1, 0.15) is 18.0 Å². The van der Waals surface area contributed by atoms with Crippen molar-refractivity contribution in [3.05, 3.63) is 122 Å². The van der Waals surface area contributed by atoms with Crippen LogP contribution in [0.2, 0.25) is 0 Å². The molecule has 7 rings (SSSR count). The molecular weight excluding hydrogens is 702 g/mol. The lowest BCUT2D eigenvalue weighted by Crippen LogP contribution is -2.59. The van der Waals surface area contributed by atoms with E-state index in [-0.39, 0.29) is 40.6 Å². The van der Waals surface area contributed by atoms with Gasteiger partial charge in [0, 0.05) is 17.9 Å². The van der Waals surface area contributed by atoms with Crippen LogP contribution in [0.1, 0.15) is 23.9 Å². The molecule has 1 saturated heterocycles. The fourth-order valence-electron chi connectivity index (χ4n) is 6.98. The number of carbonyl (C=O) groups is 2. The van der Waals surface area contributed by atoms with E-state index in [0.29, 0.717) is 0 Å². The molecular formula is C32H21Cl2F5N4O6. The molecule has 1 aromatic heterocycles. The first kappa shape index (κ1) is 32.8. The van der Waals surface area contributed by atoms with Crippen LogP contribution < -0.4 is 21.0 Å². The Morgan fingerprint density at radius 3 is 2.08 bits per heavy atom. The number of aliphatic hydroxyl groups excluding tert-OH is 1. The van der Waals surface area contributed by atoms with Gasteiger partial charge in [-0.15, -0.1) is 23.2 Å². The number of nitrogens with zero attached hydrogens (tertiary/aromatic N) is 4. The molecule has 17 heteroatoms. The number of allylic oxidation sites excluding steroid dienone is 2. The standard InChI is InChI=1S/C32H21Cl2F5N4O6/c33-31-14-18-16(10-11-40-29(47)41(30(48)43(18)40)15-6-2-1-3-7-15)20(17-8-4-5-9-19(17)49-13-12-44)32(31,34)28(46)42(27(31)45)26-24(38)22(36)21(35)23(37)25(26)39/h1-10,18,20,44H,11-14H2. The summed E-state index contributed by atoms with van der Waals surface area (Å²) in [6.07, 6.45) is 0.739. The second-order valence-electron chi connectivity index (χ2n) is 11.5. The van der Waals surface area contributed by atoms with Crippen LogP contribution >= 0.6 is 23.2 Å². The van der Waals surface area contributed by atoms with Crippen LogP contribution in [0, 0.1) is 29.1 Å². The third kappa shape index (κ3) is 4.28. The van der Waals surface area contributed by atoms with Crippen molar-refractivity contribution in [3.63, 3.8) is 0 Å². The third-order valence-electron chi connectivity index (χ3n) is 9.08. The van der Waals surface area contributed by atoms with E-state index in [9.17, 15) is 37.5 Å². The summed E-state index contributed by atoms with van der Waals surface area (Å²) in [6, 6.07) is 12.5. The molecule has 0 radical (unpaired) electrons. The Hall–Kier alpha value is -4.73.